The van der Waals surface area contributed by atoms with Crippen LogP contribution in [0.3, 0.4) is 0 Å². The molecule has 11 heteroatoms. The van der Waals surface area contributed by atoms with Gasteiger partial charge in [0.05, 0.1) is 43.3 Å². The van der Waals surface area contributed by atoms with Crippen LogP contribution in [0.2, 0.25) is 0 Å². The zero-order valence-corrected chi connectivity index (χ0v) is 15.7. The number of nitrogen functional groups attached to an aromatic ring is 1. The first kappa shape index (κ1) is 18.4. The first-order valence-electron chi connectivity index (χ1n) is 8.67. The summed E-state index contributed by atoms with van der Waals surface area (Å²) >= 11 is 1.38. The lowest BCUT2D eigenvalue weighted by Crippen LogP contribution is -2.38. The van der Waals surface area contributed by atoms with Crippen molar-refractivity contribution in [3.05, 3.63) is 35.1 Å². The SMILES string of the molecule is Nc1nc(CN2CCN(c3ccc(N4C[C@H](CO)OC4=O)cc3F)C=N2)cs1. The van der Waals surface area contributed by atoms with Gasteiger partial charge in [-0.1, -0.05) is 0 Å². The highest BCUT2D eigenvalue weighted by atomic mass is 32.1. The summed E-state index contributed by atoms with van der Waals surface area (Å²) in [6.07, 6.45) is 0.385. The standard InChI is InChI=1S/C17H19FN6O3S/c18-14-5-12(24-7-13(8-25)27-17(24)26)1-2-15(14)22-3-4-23(20-10-22)6-11-9-28-16(19)21-11/h1-2,5,9-10,13,25H,3-4,6-8H2,(H2,19,21)/t13-/m1/s1. The number of carbonyl (C=O) groups is 1. The molecule has 3 N–H and O–H groups in total. The molecule has 2 aliphatic heterocycles. The molecule has 4 rings (SSSR count). The number of aliphatic hydroxyl groups excluding tert-OH is 1. The van der Waals surface area contributed by atoms with Crippen LogP contribution >= 0.6 is 11.3 Å². The summed E-state index contributed by atoms with van der Waals surface area (Å²) in [5, 5.41) is 17.7. The number of halogens is 1. The van der Waals surface area contributed by atoms with Gasteiger partial charge in [0.1, 0.15) is 18.3 Å². The number of hydrazone groups is 1. The number of rotatable bonds is 5. The highest BCUT2D eigenvalue weighted by Gasteiger charge is 2.32. The number of amides is 1. The highest BCUT2D eigenvalue weighted by molar-refractivity contribution is 7.13. The fourth-order valence-electron chi connectivity index (χ4n) is 3.08. The quantitative estimate of drug-likeness (QED) is 0.774. The fourth-order valence-corrected chi connectivity index (χ4v) is 3.64. The van der Waals surface area contributed by atoms with Gasteiger partial charge in [0.25, 0.3) is 0 Å². The van der Waals surface area contributed by atoms with Gasteiger partial charge in [-0.05, 0) is 18.2 Å². The molecule has 2 aliphatic rings. The van der Waals surface area contributed by atoms with E-state index in [1.54, 1.807) is 23.4 Å². The number of hydrogen-bond donors (Lipinski definition) is 2. The molecule has 1 saturated heterocycles. The lowest BCUT2D eigenvalue weighted by Gasteiger charge is -2.30. The Morgan fingerprint density at radius 3 is 2.86 bits per heavy atom. The van der Waals surface area contributed by atoms with Crippen molar-refractivity contribution >= 4 is 40.3 Å². The number of carbonyl (C=O) groups excluding carboxylic acids is 1. The number of thiazole rings is 1. The van der Waals surface area contributed by atoms with Crippen LogP contribution in [-0.2, 0) is 11.3 Å². The van der Waals surface area contributed by atoms with Crippen molar-refractivity contribution in [2.45, 2.75) is 12.6 Å². The average Bonchev–Trinajstić information content (AvgIpc) is 3.27. The zero-order valence-electron chi connectivity index (χ0n) is 14.9. The molecule has 1 atom stereocenters. The third kappa shape index (κ3) is 3.71. The molecule has 0 bridgehead atoms. The van der Waals surface area contributed by atoms with Crippen molar-refractivity contribution in [2.24, 2.45) is 5.10 Å². The molecule has 0 unspecified atom stereocenters. The maximum absolute atomic E-state index is 14.7. The van der Waals surface area contributed by atoms with Crippen LogP contribution in [0.5, 0.6) is 0 Å². The van der Waals surface area contributed by atoms with E-state index in [1.165, 1.54) is 22.3 Å². The van der Waals surface area contributed by atoms with Gasteiger partial charge in [-0.25, -0.2) is 14.2 Å². The Balaban J connectivity index is 1.44. The molecule has 1 aromatic heterocycles. The molecule has 0 radical (unpaired) electrons. The summed E-state index contributed by atoms with van der Waals surface area (Å²) in [6.45, 7) is 1.62. The number of nitrogens with two attached hydrogens (primary N) is 1. The maximum atomic E-state index is 14.7. The van der Waals surface area contributed by atoms with Crippen molar-refractivity contribution in [3.63, 3.8) is 0 Å². The van der Waals surface area contributed by atoms with E-state index in [9.17, 15) is 9.18 Å². The Kier molecular flexibility index (Phi) is 5.01. The monoisotopic (exact) mass is 406 g/mol. The predicted molar refractivity (Wildman–Crippen MR) is 104 cm³/mol. The highest BCUT2D eigenvalue weighted by Crippen LogP contribution is 2.28. The van der Waals surface area contributed by atoms with Crippen LogP contribution in [0.4, 0.5) is 25.7 Å². The lowest BCUT2D eigenvalue weighted by atomic mass is 10.2. The van der Waals surface area contributed by atoms with Gasteiger partial charge in [0.15, 0.2) is 5.13 Å². The maximum Gasteiger partial charge on any atom is 0.414 e. The lowest BCUT2D eigenvalue weighted by molar-refractivity contribution is 0.0963. The summed E-state index contributed by atoms with van der Waals surface area (Å²) in [7, 11) is 0. The Morgan fingerprint density at radius 1 is 1.39 bits per heavy atom. The summed E-state index contributed by atoms with van der Waals surface area (Å²) in [6, 6.07) is 4.54. The molecule has 1 amide bonds. The van der Waals surface area contributed by atoms with Gasteiger partial charge in [-0.2, -0.15) is 5.10 Å². The van der Waals surface area contributed by atoms with Crippen molar-refractivity contribution < 1.29 is 19.0 Å². The van der Waals surface area contributed by atoms with Crippen LogP contribution in [0.15, 0.2) is 28.7 Å². The number of aliphatic hydroxyl groups is 1. The Hall–Kier alpha value is -2.92. The number of cyclic esters (lactones) is 1. The van der Waals surface area contributed by atoms with Gasteiger partial charge in [0.2, 0.25) is 0 Å². The van der Waals surface area contributed by atoms with E-state index in [0.29, 0.717) is 36.1 Å². The Morgan fingerprint density at radius 2 is 2.25 bits per heavy atom. The molecule has 148 valence electrons. The largest absolute Gasteiger partial charge is 0.441 e. The molecule has 3 heterocycles. The van der Waals surface area contributed by atoms with Crippen molar-refractivity contribution in [1.82, 2.24) is 9.99 Å². The number of aromatic nitrogens is 1. The predicted octanol–water partition coefficient (Wildman–Crippen LogP) is 1.45. The molecule has 2 aromatic rings. The minimum Gasteiger partial charge on any atom is -0.441 e. The second kappa shape index (κ2) is 7.60. The van der Waals surface area contributed by atoms with Gasteiger partial charge in [0, 0.05) is 11.9 Å². The average molecular weight is 406 g/mol. The molecule has 0 aliphatic carbocycles. The zero-order chi connectivity index (χ0) is 19.7. The van der Waals surface area contributed by atoms with Crippen LogP contribution in [-0.4, -0.2) is 59.9 Å². The number of hydrogen-bond acceptors (Lipinski definition) is 9. The molecule has 1 fully saturated rings. The van der Waals surface area contributed by atoms with E-state index in [4.69, 9.17) is 15.6 Å². The van der Waals surface area contributed by atoms with Crippen LogP contribution in [0.1, 0.15) is 5.69 Å². The molecule has 0 saturated carbocycles. The van der Waals surface area contributed by atoms with E-state index in [0.717, 1.165) is 5.69 Å². The van der Waals surface area contributed by atoms with Crippen molar-refractivity contribution in [1.29, 1.82) is 0 Å². The minimum absolute atomic E-state index is 0.190. The van der Waals surface area contributed by atoms with E-state index < -0.39 is 18.0 Å². The van der Waals surface area contributed by atoms with Crippen molar-refractivity contribution in [3.8, 4) is 0 Å². The third-order valence-corrected chi connectivity index (χ3v) is 5.22. The summed E-state index contributed by atoms with van der Waals surface area (Å²) in [5.41, 5.74) is 7.24. The summed E-state index contributed by atoms with van der Waals surface area (Å²) in [5.74, 6) is -0.468. The molecule has 28 heavy (non-hydrogen) atoms. The Labute approximate surface area is 164 Å². The number of nitrogens with zero attached hydrogens (tertiary/aromatic N) is 5. The minimum atomic E-state index is -0.594. The van der Waals surface area contributed by atoms with Gasteiger partial charge >= 0.3 is 6.09 Å². The molecule has 9 nitrogen and oxygen atoms in total. The van der Waals surface area contributed by atoms with Gasteiger partial charge in [-0.15, -0.1) is 11.3 Å². The van der Waals surface area contributed by atoms with Gasteiger partial charge in [-0.3, -0.25) is 9.91 Å². The van der Waals surface area contributed by atoms with Crippen molar-refractivity contribution in [2.75, 3.05) is 41.8 Å². The third-order valence-electron chi connectivity index (χ3n) is 4.50. The Bertz CT molecular complexity index is 907. The molecular weight excluding hydrogens is 387 g/mol. The molecule has 1 aromatic carbocycles. The smallest absolute Gasteiger partial charge is 0.414 e. The molecular formula is C17H19FN6O3S. The van der Waals surface area contributed by atoms with E-state index in [1.807, 2.05) is 10.4 Å². The van der Waals surface area contributed by atoms with Crippen LogP contribution in [0, 0.1) is 5.82 Å². The van der Waals surface area contributed by atoms with E-state index in [-0.39, 0.29) is 13.2 Å². The molecule has 0 spiro atoms. The van der Waals surface area contributed by atoms with Gasteiger partial charge < -0.3 is 20.5 Å². The number of anilines is 3. The number of ether oxygens (including phenoxy) is 1. The fraction of sp³-hybridized carbons (Fsp3) is 0.353. The first-order chi connectivity index (χ1) is 13.5. The second-order valence-corrected chi connectivity index (χ2v) is 7.31. The normalized spacial score (nSPS) is 19.4. The first-order valence-corrected chi connectivity index (χ1v) is 9.55. The summed E-state index contributed by atoms with van der Waals surface area (Å²) < 4.78 is 19.7. The second-order valence-electron chi connectivity index (χ2n) is 6.42. The summed E-state index contributed by atoms with van der Waals surface area (Å²) in [4.78, 5) is 19.1. The van der Waals surface area contributed by atoms with E-state index >= 15 is 0 Å². The number of benzene rings is 1. The van der Waals surface area contributed by atoms with Crippen LogP contribution in [0.25, 0.3) is 0 Å². The van der Waals surface area contributed by atoms with Crippen LogP contribution < -0.4 is 15.5 Å². The topological polar surface area (TPSA) is 108 Å². The van der Waals surface area contributed by atoms with E-state index in [2.05, 4.69) is 10.1 Å².